The predicted octanol–water partition coefficient (Wildman–Crippen LogP) is 3.07. The molecule has 1 heterocycles. The van der Waals surface area contributed by atoms with Crippen molar-refractivity contribution in [1.29, 1.82) is 0 Å². The standard InChI is InChI=1S/C14H17F3N2O/c15-14(16,17)10-20-7-3-6-19-9-11(8-18)12-4-1-2-5-13(12)19/h1-2,4-5,9H,3,6-8,10,18H2. The van der Waals surface area contributed by atoms with Crippen molar-refractivity contribution in [2.75, 3.05) is 13.2 Å². The van der Waals surface area contributed by atoms with Gasteiger partial charge in [0.2, 0.25) is 0 Å². The molecule has 2 N–H and O–H groups in total. The van der Waals surface area contributed by atoms with Crippen LogP contribution in [0.3, 0.4) is 0 Å². The van der Waals surface area contributed by atoms with Gasteiger partial charge in [-0.25, -0.2) is 0 Å². The minimum Gasteiger partial charge on any atom is -0.372 e. The summed E-state index contributed by atoms with van der Waals surface area (Å²) in [5, 5.41) is 1.09. The van der Waals surface area contributed by atoms with Crippen molar-refractivity contribution < 1.29 is 17.9 Å². The van der Waals surface area contributed by atoms with Crippen molar-refractivity contribution in [3.05, 3.63) is 36.0 Å². The number of halogens is 3. The van der Waals surface area contributed by atoms with Crippen LogP contribution in [-0.2, 0) is 17.8 Å². The molecule has 3 nitrogen and oxygen atoms in total. The molecule has 0 aliphatic rings. The SMILES string of the molecule is NCc1cn(CCCOCC(F)(F)F)c2ccccc12. The van der Waals surface area contributed by atoms with Crippen LogP contribution < -0.4 is 5.73 Å². The van der Waals surface area contributed by atoms with Gasteiger partial charge in [-0.1, -0.05) is 18.2 Å². The van der Waals surface area contributed by atoms with Gasteiger partial charge in [-0.3, -0.25) is 0 Å². The van der Waals surface area contributed by atoms with E-state index in [0.717, 1.165) is 16.5 Å². The molecule has 1 aromatic carbocycles. The van der Waals surface area contributed by atoms with E-state index in [1.807, 2.05) is 35.0 Å². The number of ether oxygens (including phenoxy) is 1. The fourth-order valence-electron chi connectivity index (χ4n) is 2.20. The lowest BCUT2D eigenvalue weighted by Gasteiger charge is -2.08. The van der Waals surface area contributed by atoms with Crippen LogP contribution in [0.5, 0.6) is 0 Å². The number of fused-ring (bicyclic) bond motifs is 1. The van der Waals surface area contributed by atoms with Crippen molar-refractivity contribution in [2.24, 2.45) is 5.73 Å². The zero-order valence-electron chi connectivity index (χ0n) is 11.0. The molecule has 2 rings (SSSR count). The maximum atomic E-state index is 11.9. The van der Waals surface area contributed by atoms with Crippen LogP contribution >= 0.6 is 0 Å². The van der Waals surface area contributed by atoms with E-state index < -0.39 is 12.8 Å². The Bertz CT molecular complexity index is 563. The van der Waals surface area contributed by atoms with Crippen LogP contribution in [0, 0.1) is 0 Å². The zero-order valence-corrected chi connectivity index (χ0v) is 11.0. The zero-order chi connectivity index (χ0) is 14.6. The largest absolute Gasteiger partial charge is 0.411 e. The van der Waals surface area contributed by atoms with E-state index in [9.17, 15) is 13.2 Å². The average Bonchev–Trinajstić information content (AvgIpc) is 2.76. The Balaban J connectivity index is 1.93. The molecular formula is C14H17F3N2O. The quantitative estimate of drug-likeness (QED) is 0.829. The lowest BCUT2D eigenvalue weighted by Crippen LogP contribution is -2.17. The van der Waals surface area contributed by atoms with Gasteiger partial charge in [0.25, 0.3) is 0 Å². The van der Waals surface area contributed by atoms with E-state index in [4.69, 9.17) is 5.73 Å². The number of rotatable bonds is 6. The van der Waals surface area contributed by atoms with E-state index in [1.54, 1.807) is 0 Å². The van der Waals surface area contributed by atoms with E-state index in [0.29, 0.717) is 19.5 Å². The van der Waals surface area contributed by atoms with Crippen molar-refractivity contribution in [3.8, 4) is 0 Å². The van der Waals surface area contributed by atoms with Crippen LogP contribution in [0.2, 0.25) is 0 Å². The lowest BCUT2D eigenvalue weighted by molar-refractivity contribution is -0.174. The van der Waals surface area contributed by atoms with Crippen LogP contribution in [0.4, 0.5) is 13.2 Å². The number of benzene rings is 1. The second-order valence-corrected chi connectivity index (χ2v) is 4.59. The third-order valence-electron chi connectivity index (χ3n) is 3.04. The van der Waals surface area contributed by atoms with Gasteiger partial charge in [0.1, 0.15) is 6.61 Å². The summed E-state index contributed by atoms with van der Waals surface area (Å²) in [6, 6.07) is 7.84. The van der Waals surface area contributed by atoms with Gasteiger partial charge in [-0.05, 0) is 18.1 Å². The van der Waals surface area contributed by atoms with E-state index in [-0.39, 0.29) is 6.61 Å². The molecule has 0 bridgehead atoms. The third-order valence-corrected chi connectivity index (χ3v) is 3.04. The summed E-state index contributed by atoms with van der Waals surface area (Å²) >= 11 is 0. The van der Waals surface area contributed by atoms with Crippen molar-refractivity contribution in [3.63, 3.8) is 0 Å². The van der Waals surface area contributed by atoms with Crippen molar-refractivity contribution >= 4 is 10.9 Å². The maximum Gasteiger partial charge on any atom is 0.411 e. The summed E-state index contributed by atoms with van der Waals surface area (Å²) in [6.07, 6.45) is -1.78. The molecule has 0 atom stereocenters. The number of nitrogens with two attached hydrogens (primary N) is 1. The summed E-state index contributed by atoms with van der Waals surface area (Å²) in [5.41, 5.74) is 7.77. The Morgan fingerprint density at radius 1 is 1.20 bits per heavy atom. The van der Waals surface area contributed by atoms with Crippen LogP contribution in [0.1, 0.15) is 12.0 Å². The fourth-order valence-corrected chi connectivity index (χ4v) is 2.20. The highest BCUT2D eigenvalue weighted by Gasteiger charge is 2.27. The lowest BCUT2D eigenvalue weighted by atomic mass is 10.2. The Morgan fingerprint density at radius 2 is 1.95 bits per heavy atom. The second kappa shape index (κ2) is 6.28. The predicted molar refractivity (Wildman–Crippen MR) is 71.3 cm³/mol. The molecule has 0 spiro atoms. The highest BCUT2D eigenvalue weighted by molar-refractivity contribution is 5.83. The summed E-state index contributed by atoms with van der Waals surface area (Å²) in [4.78, 5) is 0. The molecule has 0 aliphatic carbocycles. The van der Waals surface area contributed by atoms with Crippen molar-refractivity contribution in [1.82, 2.24) is 4.57 Å². The van der Waals surface area contributed by atoms with E-state index in [1.165, 1.54) is 0 Å². The minimum atomic E-state index is -4.26. The van der Waals surface area contributed by atoms with Crippen LogP contribution in [0.25, 0.3) is 10.9 Å². The first-order chi connectivity index (χ1) is 9.51. The van der Waals surface area contributed by atoms with Gasteiger partial charge in [0.15, 0.2) is 0 Å². The number of nitrogens with zero attached hydrogens (tertiary/aromatic N) is 1. The summed E-state index contributed by atoms with van der Waals surface area (Å²) < 4.78 is 42.4. The minimum absolute atomic E-state index is 0.0873. The normalized spacial score (nSPS) is 12.2. The molecule has 0 aliphatic heterocycles. The molecule has 2 aromatic rings. The molecule has 0 unspecified atom stereocenters. The van der Waals surface area contributed by atoms with Gasteiger partial charge in [0, 0.05) is 36.8 Å². The van der Waals surface area contributed by atoms with Gasteiger partial charge in [-0.15, -0.1) is 0 Å². The monoisotopic (exact) mass is 286 g/mol. The Hall–Kier alpha value is -1.53. The number of aromatic nitrogens is 1. The smallest absolute Gasteiger partial charge is 0.372 e. The van der Waals surface area contributed by atoms with Crippen molar-refractivity contribution in [2.45, 2.75) is 25.7 Å². The molecule has 6 heteroatoms. The summed E-state index contributed by atoms with van der Waals surface area (Å²) in [7, 11) is 0. The number of hydrogen-bond acceptors (Lipinski definition) is 2. The first-order valence-corrected chi connectivity index (χ1v) is 6.42. The maximum absolute atomic E-state index is 11.9. The van der Waals surface area contributed by atoms with Gasteiger partial charge in [-0.2, -0.15) is 13.2 Å². The highest BCUT2D eigenvalue weighted by Crippen LogP contribution is 2.21. The highest BCUT2D eigenvalue weighted by atomic mass is 19.4. The molecule has 0 saturated heterocycles. The number of aryl methyl sites for hydroxylation is 1. The third kappa shape index (κ3) is 3.74. The molecular weight excluding hydrogens is 269 g/mol. The average molecular weight is 286 g/mol. The molecule has 0 fully saturated rings. The summed E-state index contributed by atoms with van der Waals surface area (Å²) in [6.45, 7) is -0.0477. The molecule has 0 amide bonds. The summed E-state index contributed by atoms with van der Waals surface area (Å²) in [5.74, 6) is 0. The molecule has 0 saturated carbocycles. The first-order valence-electron chi connectivity index (χ1n) is 6.42. The molecule has 110 valence electrons. The molecule has 1 aromatic heterocycles. The fraction of sp³-hybridized carbons (Fsp3) is 0.429. The van der Waals surface area contributed by atoms with E-state index >= 15 is 0 Å². The Morgan fingerprint density at radius 3 is 2.65 bits per heavy atom. The second-order valence-electron chi connectivity index (χ2n) is 4.59. The Kier molecular flexibility index (Phi) is 4.67. The Labute approximate surface area is 115 Å². The first kappa shape index (κ1) is 14.9. The topological polar surface area (TPSA) is 40.2 Å². The van der Waals surface area contributed by atoms with Gasteiger partial charge < -0.3 is 15.0 Å². The van der Waals surface area contributed by atoms with Gasteiger partial charge >= 0.3 is 6.18 Å². The van der Waals surface area contributed by atoms with Crippen LogP contribution in [0.15, 0.2) is 30.5 Å². The van der Waals surface area contributed by atoms with E-state index in [2.05, 4.69) is 4.74 Å². The van der Waals surface area contributed by atoms with Gasteiger partial charge in [0.05, 0.1) is 0 Å². The number of alkyl halides is 3. The number of hydrogen-bond donors (Lipinski definition) is 1. The van der Waals surface area contributed by atoms with Crippen LogP contribution in [-0.4, -0.2) is 24.0 Å². The molecule has 20 heavy (non-hydrogen) atoms. The molecule has 0 radical (unpaired) electrons. The number of para-hydroxylation sites is 1.